The number of nitrogens with two attached hydrogens (primary N) is 1. The Morgan fingerprint density at radius 1 is 1.24 bits per heavy atom. The number of hydrogen-bond donors (Lipinski definition) is 1. The number of anilines is 1. The average molecular weight is 300 g/mol. The molecule has 0 spiro atoms. The predicted molar refractivity (Wildman–Crippen MR) is 91.9 cm³/mol. The molecule has 1 aliphatic rings. The second-order valence-electron chi connectivity index (χ2n) is 5.98. The van der Waals surface area contributed by atoms with E-state index in [2.05, 4.69) is 53.6 Å². The van der Waals surface area contributed by atoms with Gasteiger partial charge in [-0.25, -0.2) is 0 Å². The van der Waals surface area contributed by atoms with Crippen molar-refractivity contribution in [2.24, 2.45) is 5.73 Å². The van der Waals surface area contributed by atoms with Crippen LogP contribution < -0.4 is 10.6 Å². The maximum absolute atomic E-state index is 6.04. The smallest absolute Gasteiger partial charge is 0.0525 e. The Labute approximate surface area is 131 Å². The summed E-state index contributed by atoms with van der Waals surface area (Å²) in [7, 11) is 0. The first-order chi connectivity index (χ1) is 10.3. The van der Waals surface area contributed by atoms with E-state index in [1.807, 2.05) is 11.3 Å². The lowest BCUT2D eigenvalue weighted by Gasteiger charge is -2.24. The van der Waals surface area contributed by atoms with E-state index in [-0.39, 0.29) is 6.04 Å². The molecule has 1 aliphatic carbocycles. The standard InChI is InChI=1S/C18H24N2S/c1-2-15(19)12-14-5-7-16(8-6-14)20(17-9-10-17)13-18-4-3-11-21-18/h3-8,11,15,17H,2,9-10,12-13,19H2,1H3. The molecule has 0 bridgehead atoms. The molecule has 21 heavy (non-hydrogen) atoms. The van der Waals surface area contributed by atoms with Crippen LogP contribution in [-0.2, 0) is 13.0 Å². The van der Waals surface area contributed by atoms with Crippen LogP contribution in [-0.4, -0.2) is 12.1 Å². The van der Waals surface area contributed by atoms with Crippen molar-refractivity contribution in [2.75, 3.05) is 4.90 Å². The summed E-state index contributed by atoms with van der Waals surface area (Å²) in [6.45, 7) is 3.19. The molecule has 3 rings (SSSR count). The fraction of sp³-hybridized carbons (Fsp3) is 0.444. The molecule has 3 heteroatoms. The maximum Gasteiger partial charge on any atom is 0.0525 e. The summed E-state index contributed by atoms with van der Waals surface area (Å²) >= 11 is 1.85. The van der Waals surface area contributed by atoms with Crippen molar-refractivity contribution in [1.82, 2.24) is 0 Å². The van der Waals surface area contributed by atoms with Crippen LogP contribution in [0.15, 0.2) is 41.8 Å². The summed E-state index contributed by atoms with van der Waals surface area (Å²) in [4.78, 5) is 3.99. The van der Waals surface area contributed by atoms with E-state index in [0.717, 1.165) is 25.4 Å². The first-order valence-corrected chi connectivity index (χ1v) is 8.77. The molecule has 0 amide bonds. The Balaban J connectivity index is 1.71. The van der Waals surface area contributed by atoms with E-state index in [0.29, 0.717) is 0 Å². The average Bonchev–Trinajstić information content (AvgIpc) is 3.22. The van der Waals surface area contributed by atoms with Gasteiger partial charge in [0.1, 0.15) is 0 Å². The molecular weight excluding hydrogens is 276 g/mol. The van der Waals surface area contributed by atoms with Crippen molar-refractivity contribution in [3.63, 3.8) is 0 Å². The highest BCUT2D eigenvalue weighted by Gasteiger charge is 2.29. The fourth-order valence-corrected chi connectivity index (χ4v) is 3.36. The monoisotopic (exact) mass is 300 g/mol. The van der Waals surface area contributed by atoms with Crippen LogP contribution in [0.4, 0.5) is 5.69 Å². The molecule has 1 aromatic heterocycles. The largest absolute Gasteiger partial charge is 0.363 e. The minimum atomic E-state index is 0.279. The summed E-state index contributed by atoms with van der Waals surface area (Å²) in [5.74, 6) is 0. The van der Waals surface area contributed by atoms with Gasteiger partial charge in [-0.2, -0.15) is 0 Å². The molecule has 1 saturated carbocycles. The Kier molecular flexibility index (Phi) is 4.61. The van der Waals surface area contributed by atoms with E-state index in [4.69, 9.17) is 5.73 Å². The minimum absolute atomic E-state index is 0.279. The van der Waals surface area contributed by atoms with Gasteiger partial charge < -0.3 is 10.6 Å². The second kappa shape index (κ2) is 6.63. The number of benzene rings is 1. The van der Waals surface area contributed by atoms with Crippen LogP contribution in [0.2, 0.25) is 0 Å². The van der Waals surface area contributed by atoms with Crippen molar-refractivity contribution in [2.45, 2.75) is 51.2 Å². The highest BCUT2D eigenvalue weighted by molar-refractivity contribution is 7.09. The van der Waals surface area contributed by atoms with Gasteiger partial charge in [0.15, 0.2) is 0 Å². The lowest BCUT2D eigenvalue weighted by molar-refractivity contribution is 0.646. The summed E-state index contributed by atoms with van der Waals surface area (Å²) in [5, 5.41) is 2.16. The van der Waals surface area contributed by atoms with Crippen molar-refractivity contribution < 1.29 is 0 Å². The summed E-state index contributed by atoms with van der Waals surface area (Å²) in [5.41, 5.74) is 8.74. The molecule has 0 aliphatic heterocycles. The lowest BCUT2D eigenvalue weighted by Crippen LogP contribution is -2.24. The van der Waals surface area contributed by atoms with E-state index in [9.17, 15) is 0 Å². The van der Waals surface area contributed by atoms with Crippen LogP contribution in [0.5, 0.6) is 0 Å². The van der Waals surface area contributed by atoms with Crippen molar-refractivity contribution in [3.8, 4) is 0 Å². The summed E-state index contributed by atoms with van der Waals surface area (Å²) < 4.78 is 0. The summed E-state index contributed by atoms with van der Waals surface area (Å²) in [6.07, 6.45) is 4.67. The van der Waals surface area contributed by atoms with Crippen molar-refractivity contribution in [3.05, 3.63) is 52.2 Å². The summed E-state index contributed by atoms with van der Waals surface area (Å²) in [6, 6.07) is 14.4. The van der Waals surface area contributed by atoms with Gasteiger partial charge in [-0.05, 0) is 54.8 Å². The van der Waals surface area contributed by atoms with E-state index in [1.54, 1.807) is 0 Å². The topological polar surface area (TPSA) is 29.3 Å². The highest BCUT2D eigenvalue weighted by atomic mass is 32.1. The van der Waals surface area contributed by atoms with Crippen LogP contribution in [0.25, 0.3) is 0 Å². The van der Waals surface area contributed by atoms with Crippen LogP contribution >= 0.6 is 11.3 Å². The number of hydrogen-bond acceptors (Lipinski definition) is 3. The molecule has 1 aromatic carbocycles. The van der Waals surface area contributed by atoms with E-state index >= 15 is 0 Å². The van der Waals surface area contributed by atoms with Gasteiger partial charge in [0.25, 0.3) is 0 Å². The minimum Gasteiger partial charge on any atom is -0.363 e. The SMILES string of the molecule is CCC(N)Cc1ccc(N(Cc2cccs2)C2CC2)cc1. The first-order valence-electron chi connectivity index (χ1n) is 7.90. The second-order valence-corrected chi connectivity index (χ2v) is 7.01. The molecule has 0 saturated heterocycles. The third-order valence-electron chi connectivity index (χ3n) is 4.18. The fourth-order valence-electron chi connectivity index (χ4n) is 2.66. The number of nitrogens with zero attached hydrogens (tertiary/aromatic N) is 1. The molecule has 2 aromatic rings. The van der Waals surface area contributed by atoms with E-state index < -0.39 is 0 Å². The lowest BCUT2D eigenvalue weighted by atomic mass is 10.0. The highest BCUT2D eigenvalue weighted by Crippen LogP contribution is 2.33. The number of thiophene rings is 1. The van der Waals surface area contributed by atoms with Gasteiger partial charge in [-0.1, -0.05) is 25.1 Å². The van der Waals surface area contributed by atoms with Crippen molar-refractivity contribution >= 4 is 17.0 Å². The Morgan fingerprint density at radius 3 is 2.57 bits per heavy atom. The predicted octanol–water partition coefficient (Wildman–Crippen LogP) is 4.20. The van der Waals surface area contributed by atoms with Gasteiger partial charge in [-0.15, -0.1) is 11.3 Å². The quantitative estimate of drug-likeness (QED) is 0.830. The molecule has 1 fully saturated rings. The van der Waals surface area contributed by atoms with Crippen LogP contribution in [0.3, 0.4) is 0 Å². The molecule has 1 atom stereocenters. The molecule has 0 radical (unpaired) electrons. The van der Waals surface area contributed by atoms with Gasteiger partial charge in [-0.3, -0.25) is 0 Å². The maximum atomic E-state index is 6.04. The van der Waals surface area contributed by atoms with Gasteiger partial charge in [0.2, 0.25) is 0 Å². The van der Waals surface area contributed by atoms with E-state index in [1.165, 1.54) is 29.0 Å². The van der Waals surface area contributed by atoms with Crippen LogP contribution in [0.1, 0.15) is 36.6 Å². The van der Waals surface area contributed by atoms with Gasteiger partial charge in [0.05, 0.1) is 6.54 Å². The molecule has 1 unspecified atom stereocenters. The number of rotatable bonds is 7. The first kappa shape index (κ1) is 14.6. The Bertz CT molecular complexity index is 543. The van der Waals surface area contributed by atoms with Crippen LogP contribution in [0, 0.1) is 0 Å². The van der Waals surface area contributed by atoms with Crippen molar-refractivity contribution in [1.29, 1.82) is 0 Å². The van der Waals surface area contributed by atoms with Gasteiger partial charge in [0, 0.05) is 22.6 Å². The third-order valence-corrected chi connectivity index (χ3v) is 5.05. The Morgan fingerprint density at radius 2 is 2.00 bits per heavy atom. The zero-order valence-corrected chi connectivity index (χ0v) is 13.5. The third kappa shape index (κ3) is 3.86. The van der Waals surface area contributed by atoms with Gasteiger partial charge >= 0.3 is 0 Å². The molecular formula is C18H24N2S. The normalized spacial score (nSPS) is 15.9. The Hall–Kier alpha value is -1.32. The zero-order chi connectivity index (χ0) is 14.7. The molecule has 2 nitrogen and oxygen atoms in total. The molecule has 112 valence electrons. The molecule has 2 N–H and O–H groups in total. The zero-order valence-electron chi connectivity index (χ0n) is 12.7. The molecule has 1 heterocycles.